The van der Waals surface area contributed by atoms with E-state index in [1.54, 1.807) is 6.20 Å². The molecule has 2 heterocycles. The van der Waals surface area contributed by atoms with E-state index in [1.165, 1.54) is 0 Å². The Bertz CT molecular complexity index is 350. The fourth-order valence-electron chi connectivity index (χ4n) is 1.81. The van der Waals surface area contributed by atoms with Gasteiger partial charge < -0.3 is 15.6 Å². The average Bonchev–Trinajstić information content (AvgIpc) is 2.73. The molecule has 2 rings (SSSR count). The number of hydrogen-bond acceptors (Lipinski definition) is 2. The van der Waals surface area contributed by atoms with E-state index in [2.05, 4.69) is 4.98 Å². The van der Waals surface area contributed by atoms with Crippen LogP contribution in [0.2, 0.25) is 0 Å². The van der Waals surface area contributed by atoms with Gasteiger partial charge in [0.2, 0.25) is 0 Å². The highest BCUT2D eigenvalue weighted by molar-refractivity contribution is 5.95. The molecule has 1 fully saturated rings. The summed E-state index contributed by atoms with van der Waals surface area (Å²) in [5, 5.41) is 0. The first-order valence-corrected chi connectivity index (χ1v) is 4.86. The Morgan fingerprint density at radius 3 is 2.80 bits per heavy atom. The number of nitrogens with two attached hydrogens (primary N) is 1. The lowest BCUT2D eigenvalue weighted by molar-refractivity contribution is 0.0790. The van der Waals surface area contributed by atoms with Gasteiger partial charge in [-0.15, -0.1) is 12.4 Å². The van der Waals surface area contributed by atoms with Crippen molar-refractivity contribution in [3.05, 3.63) is 23.5 Å². The third-order valence-electron chi connectivity index (χ3n) is 2.69. The lowest BCUT2D eigenvalue weighted by Crippen LogP contribution is -2.31. The van der Waals surface area contributed by atoms with E-state index in [9.17, 15) is 4.79 Å². The number of likely N-dealkylation sites (tertiary alicyclic amines) is 1. The molecule has 1 aliphatic rings. The second kappa shape index (κ2) is 4.68. The summed E-state index contributed by atoms with van der Waals surface area (Å²) in [6, 6.07) is 0.151. The van der Waals surface area contributed by atoms with Gasteiger partial charge in [0.15, 0.2) is 0 Å². The summed E-state index contributed by atoms with van der Waals surface area (Å²) in [6.45, 7) is 3.40. The minimum atomic E-state index is 0. The van der Waals surface area contributed by atoms with E-state index < -0.39 is 0 Å². The number of H-pyrrole nitrogens is 1. The summed E-state index contributed by atoms with van der Waals surface area (Å²) < 4.78 is 0. The molecule has 0 saturated carbocycles. The van der Waals surface area contributed by atoms with Crippen LogP contribution in [0.15, 0.2) is 12.4 Å². The number of halogens is 1. The Kier molecular flexibility index (Phi) is 3.77. The number of nitrogens with one attached hydrogen (secondary N) is 1. The number of nitrogens with zero attached hydrogens (tertiary/aromatic N) is 1. The first-order valence-electron chi connectivity index (χ1n) is 4.86. The molecule has 0 aliphatic carbocycles. The highest BCUT2D eigenvalue weighted by Crippen LogP contribution is 2.14. The molecule has 1 atom stereocenters. The quantitative estimate of drug-likeness (QED) is 0.752. The van der Waals surface area contributed by atoms with E-state index in [0.29, 0.717) is 6.54 Å². The van der Waals surface area contributed by atoms with Crippen LogP contribution in [-0.2, 0) is 0 Å². The van der Waals surface area contributed by atoms with Crippen molar-refractivity contribution in [1.82, 2.24) is 9.88 Å². The highest BCUT2D eigenvalue weighted by Gasteiger charge is 2.25. The number of aromatic amines is 1. The molecule has 1 saturated heterocycles. The predicted molar refractivity (Wildman–Crippen MR) is 61.3 cm³/mol. The molecule has 0 unspecified atom stereocenters. The van der Waals surface area contributed by atoms with Gasteiger partial charge in [-0.05, 0) is 18.9 Å². The van der Waals surface area contributed by atoms with Gasteiger partial charge in [0.1, 0.15) is 0 Å². The van der Waals surface area contributed by atoms with E-state index >= 15 is 0 Å². The van der Waals surface area contributed by atoms with Crippen molar-refractivity contribution in [2.75, 3.05) is 13.1 Å². The zero-order chi connectivity index (χ0) is 10.1. The fourth-order valence-corrected chi connectivity index (χ4v) is 1.81. The summed E-state index contributed by atoms with van der Waals surface area (Å²) in [4.78, 5) is 16.7. The van der Waals surface area contributed by atoms with E-state index in [-0.39, 0.29) is 24.4 Å². The fraction of sp³-hybridized carbons (Fsp3) is 0.500. The Hall–Kier alpha value is -1.00. The molecule has 1 aliphatic heterocycles. The molecule has 5 heteroatoms. The second-order valence-corrected chi connectivity index (χ2v) is 3.85. The Labute approximate surface area is 95.2 Å². The van der Waals surface area contributed by atoms with Crippen LogP contribution in [0.4, 0.5) is 0 Å². The van der Waals surface area contributed by atoms with Crippen LogP contribution < -0.4 is 5.73 Å². The smallest absolute Gasteiger partial charge is 0.255 e. The predicted octanol–water partition coefficient (Wildman–Crippen LogP) is 0.918. The first kappa shape index (κ1) is 12.1. The summed E-state index contributed by atoms with van der Waals surface area (Å²) >= 11 is 0. The Morgan fingerprint density at radius 1 is 1.60 bits per heavy atom. The van der Waals surface area contributed by atoms with Gasteiger partial charge in [-0.25, -0.2) is 0 Å². The standard InChI is InChI=1S/C10H15N3O.ClH/c1-7-4-12-5-9(7)10(14)13-3-2-8(11)6-13;/h4-5,8,12H,2-3,6,11H2,1H3;1H/t8-;/m1./s1. The lowest BCUT2D eigenvalue weighted by atomic mass is 10.2. The number of carbonyl (C=O) groups is 1. The number of aromatic nitrogens is 1. The normalized spacial score (nSPS) is 20.1. The minimum absolute atomic E-state index is 0. The Morgan fingerprint density at radius 2 is 2.33 bits per heavy atom. The zero-order valence-corrected chi connectivity index (χ0v) is 9.51. The van der Waals surface area contributed by atoms with Crippen LogP contribution >= 0.6 is 12.4 Å². The zero-order valence-electron chi connectivity index (χ0n) is 8.69. The number of rotatable bonds is 1. The van der Waals surface area contributed by atoms with Crippen molar-refractivity contribution in [2.24, 2.45) is 5.73 Å². The molecule has 0 bridgehead atoms. The first-order chi connectivity index (χ1) is 6.68. The third-order valence-corrected chi connectivity index (χ3v) is 2.69. The summed E-state index contributed by atoms with van der Waals surface area (Å²) in [5.41, 5.74) is 7.51. The maximum absolute atomic E-state index is 11.9. The molecule has 1 amide bonds. The van der Waals surface area contributed by atoms with Crippen LogP contribution in [0, 0.1) is 6.92 Å². The maximum atomic E-state index is 11.9. The largest absolute Gasteiger partial charge is 0.367 e. The van der Waals surface area contributed by atoms with Gasteiger partial charge in [-0.3, -0.25) is 4.79 Å². The number of aryl methyl sites for hydroxylation is 1. The van der Waals surface area contributed by atoms with Crippen LogP contribution in [0.3, 0.4) is 0 Å². The van der Waals surface area contributed by atoms with Crippen molar-refractivity contribution in [1.29, 1.82) is 0 Å². The van der Waals surface area contributed by atoms with E-state index in [4.69, 9.17) is 5.73 Å². The van der Waals surface area contributed by atoms with Crippen LogP contribution in [-0.4, -0.2) is 34.9 Å². The molecule has 0 aromatic carbocycles. The SMILES string of the molecule is Cc1c[nH]cc1C(=O)N1CC[C@@H](N)C1.Cl. The van der Waals surface area contributed by atoms with Crippen molar-refractivity contribution in [3.8, 4) is 0 Å². The molecular weight excluding hydrogens is 214 g/mol. The highest BCUT2D eigenvalue weighted by atomic mass is 35.5. The van der Waals surface area contributed by atoms with Crippen molar-refractivity contribution < 1.29 is 4.79 Å². The van der Waals surface area contributed by atoms with Crippen LogP contribution in [0.1, 0.15) is 22.3 Å². The monoisotopic (exact) mass is 229 g/mol. The molecule has 1 aromatic heterocycles. The van der Waals surface area contributed by atoms with Gasteiger partial charge >= 0.3 is 0 Å². The van der Waals surface area contributed by atoms with Crippen LogP contribution in [0.5, 0.6) is 0 Å². The minimum Gasteiger partial charge on any atom is -0.367 e. The van der Waals surface area contributed by atoms with Gasteiger partial charge in [-0.2, -0.15) is 0 Å². The number of amides is 1. The Balaban J connectivity index is 0.00000112. The molecule has 15 heavy (non-hydrogen) atoms. The van der Waals surface area contributed by atoms with Gasteiger partial charge in [0.25, 0.3) is 5.91 Å². The van der Waals surface area contributed by atoms with Gasteiger partial charge in [0.05, 0.1) is 5.56 Å². The molecule has 84 valence electrons. The second-order valence-electron chi connectivity index (χ2n) is 3.85. The summed E-state index contributed by atoms with van der Waals surface area (Å²) in [7, 11) is 0. The number of hydrogen-bond donors (Lipinski definition) is 2. The number of carbonyl (C=O) groups excluding carboxylic acids is 1. The van der Waals surface area contributed by atoms with Crippen molar-refractivity contribution >= 4 is 18.3 Å². The van der Waals surface area contributed by atoms with E-state index in [1.807, 2.05) is 18.0 Å². The van der Waals surface area contributed by atoms with Crippen molar-refractivity contribution in [2.45, 2.75) is 19.4 Å². The summed E-state index contributed by atoms with van der Waals surface area (Å²) in [5.74, 6) is 0.0942. The van der Waals surface area contributed by atoms with Crippen molar-refractivity contribution in [3.63, 3.8) is 0 Å². The topological polar surface area (TPSA) is 62.1 Å². The lowest BCUT2D eigenvalue weighted by Gasteiger charge is -2.15. The summed E-state index contributed by atoms with van der Waals surface area (Å²) in [6.07, 6.45) is 4.50. The van der Waals surface area contributed by atoms with Crippen LogP contribution in [0.25, 0.3) is 0 Å². The average molecular weight is 230 g/mol. The van der Waals surface area contributed by atoms with E-state index in [0.717, 1.165) is 24.1 Å². The molecule has 4 nitrogen and oxygen atoms in total. The molecule has 0 spiro atoms. The molecule has 0 radical (unpaired) electrons. The molecular formula is C10H16ClN3O. The van der Waals surface area contributed by atoms with Gasteiger partial charge in [0, 0.05) is 31.5 Å². The molecule has 1 aromatic rings. The molecule has 3 N–H and O–H groups in total. The maximum Gasteiger partial charge on any atom is 0.255 e. The third kappa shape index (κ3) is 2.33. The van der Waals surface area contributed by atoms with Gasteiger partial charge in [-0.1, -0.05) is 0 Å².